The van der Waals surface area contributed by atoms with Crippen molar-refractivity contribution in [2.75, 3.05) is 6.54 Å². The van der Waals surface area contributed by atoms with E-state index in [0.717, 1.165) is 0 Å². The maximum absolute atomic E-state index is 12.1. The number of carboxylic acids is 1. The Morgan fingerprint density at radius 2 is 1.73 bits per heavy atom. The largest absolute Gasteiger partial charge is 0.480 e. The van der Waals surface area contributed by atoms with Crippen LogP contribution in [0, 0.1) is 0 Å². The highest BCUT2D eigenvalue weighted by molar-refractivity contribution is 5.73. The molecule has 0 aliphatic carbocycles. The first-order valence-corrected chi connectivity index (χ1v) is 4.18. The van der Waals surface area contributed by atoms with Gasteiger partial charge in [0.05, 0.1) is 0 Å². The Balaban J connectivity index is 4.60. The van der Waals surface area contributed by atoms with Crippen molar-refractivity contribution in [1.82, 2.24) is 4.90 Å². The van der Waals surface area contributed by atoms with Crippen LogP contribution in [0.3, 0.4) is 0 Å². The average Bonchev–Trinajstić information content (AvgIpc) is 2.09. The second-order valence-electron chi connectivity index (χ2n) is 2.79. The van der Waals surface area contributed by atoms with E-state index in [1.165, 1.54) is 0 Å². The van der Waals surface area contributed by atoms with E-state index in [2.05, 4.69) is 0 Å². The van der Waals surface area contributed by atoms with Crippen LogP contribution in [0.25, 0.3) is 0 Å². The summed E-state index contributed by atoms with van der Waals surface area (Å²) in [4.78, 5) is 9.87. The minimum absolute atomic E-state index is 0.0596. The Bertz CT molecular complexity index is 195. The first-order valence-electron chi connectivity index (χ1n) is 4.18. The zero-order valence-electron chi connectivity index (χ0n) is 7.75. The van der Waals surface area contributed by atoms with Crippen LogP contribution in [-0.2, 0) is 4.79 Å². The van der Waals surface area contributed by atoms with Crippen LogP contribution in [0.4, 0.5) is 17.6 Å². The number of aliphatic carboxylic acids is 1. The molecule has 0 spiro atoms. The monoisotopic (exact) mass is 232 g/mol. The molecule has 0 rings (SSSR count). The Kier molecular flexibility index (Phi) is 6.18. The highest BCUT2D eigenvalue weighted by Crippen LogP contribution is 2.19. The smallest absolute Gasteiger partial charge is 0.321 e. The summed E-state index contributed by atoms with van der Waals surface area (Å²) in [5.74, 6) is -1.70. The van der Waals surface area contributed by atoms with E-state index in [1.807, 2.05) is 0 Å². The lowest BCUT2D eigenvalue weighted by molar-refractivity contribution is -0.183. The maximum Gasteiger partial charge on any atom is 0.321 e. The summed E-state index contributed by atoms with van der Waals surface area (Å²) in [6.45, 7) is -6.96. The van der Waals surface area contributed by atoms with Gasteiger partial charge in [-0.25, -0.2) is 0 Å². The van der Waals surface area contributed by atoms with E-state index < -0.39 is 30.0 Å². The fourth-order valence-electron chi connectivity index (χ4n) is 1.07. The van der Waals surface area contributed by atoms with Crippen molar-refractivity contribution in [3.8, 4) is 0 Å². The number of hydrogen-bond donors (Lipinski definition) is 2. The van der Waals surface area contributed by atoms with Gasteiger partial charge in [0.2, 0.25) is 0 Å². The van der Waals surface area contributed by atoms with Crippen LogP contribution < -0.4 is 5.73 Å². The van der Waals surface area contributed by atoms with Gasteiger partial charge in [-0.1, -0.05) is 0 Å². The van der Waals surface area contributed by atoms with Gasteiger partial charge in [0, 0.05) is 0 Å². The summed E-state index contributed by atoms with van der Waals surface area (Å²) in [5.41, 5.74) is 5.04. The third kappa shape index (κ3) is 4.43. The van der Waals surface area contributed by atoms with Crippen molar-refractivity contribution in [3.05, 3.63) is 0 Å². The SMILES string of the molecule is NCCC[C@@H](C(=O)O)N(C(F)F)C(F)F. The number of carboxylic acid groups (broad SMARTS) is 1. The average molecular weight is 232 g/mol. The number of rotatable bonds is 7. The molecule has 0 fully saturated rings. The normalized spacial score (nSPS) is 13.9. The summed E-state index contributed by atoms with van der Waals surface area (Å²) in [5, 5.41) is 8.52. The number of carbonyl (C=O) groups is 1. The van der Waals surface area contributed by atoms with Crippen molar-refractivity contribution in [1.29, 1.82) is 0 Å². The standard InChI is InChI=1S/C7H12F4N2O2/c8-6(9)13(7(10)11)4(5(14)15)2-1-3-12/h4,6-7H,1-3,12H2,(H,14,15)/t4-/m0/s1. The molecule has 0 saturated heterocycles. The van der Waals surface area contributed by atoms with Gasteiger partial charge in [-0.3, -0.25) is 4.79 Å². The van der Waals surface area contributed by atoms with E-state index in [4.69, 9.17) is 10.8 Å². The number of alkyl halides is 4. The van der Waals surface area contributed by atoms with E-state index >= 15 is 0 Å². The summed E-state index contributed by atoms with van der Waals surface area (Å²) >= 11 is 0. The molecule has 0 aliphatic rings. The lowest BCUT2D eigenvalue weighted by Gasteiger charge is -2.26. The van der Waals surface area contributed by atoms with Gasteiger partial charge in [-0.05, 0) is 19.4 Å². The predicted octanol–water partition coefficient (Wildman–Crippen LogP) is 0.926. The van der Waals surface area contributed by atoms with Crippen molar-refractivity contribution in [2.45, 2.75) is 32.0 Å². The van der Waals surface area contributed by atoms with Crippen molar-refractivity contribution in [3.63, 3.8) is 0 Å². The number of halogens is 4. The second kappa shape index (κ2) is 6.57. The molecule has 90 valence electrons. The first-order chi connectivity index (χ1) is 6.91. The molecule has 0 aromatic carbocycles. The molecule has 0 heterocycles. The Hall–Kier alpha value is -0.890. The third-order valence-electron chi connectivity index (χ3n) is 1.78. The molecule has 0 aromatic rings. The Morgan fingerprint density at radius 1 is 1.27 bits per heavy atom. The number of nitrogens with zero attached hydrogens (tertiary/aromatic N) is 1. The van der Waals surface area contributed by atoms with Gasteiger partial charge in [0.25, 0.3) is 13.1 Å². The lowest BCUT2D eigenvalue weighted by atomic mass is 10.1. The Morgan fingerprint density at radius 3 is 2.00 bits per heavy atom. The highest BCUT2D eigenvalue weighted by atomic mass is 19.3. The van der Waals surface area contributed by atoms with Crippen LogP contribution in [0.1, 0.15) is 12.8 Å². The fourth-order valence-corrected chi connectivity index (χ4v) is 1.07. The van der Waals surface area contributed by atoms with Crippen LogP contribution in [0.15, 0.2) is 0 Å². The summed E-state index contributed by atoms with van der Waals surface area (Å²) in [6.07, 6.45) is -0.243. The molecule has 0 aromatic heterocycles. The van der Waals surface area contributed by atoms with Crippen molar-refractivity contribution in [2.24, 2.45) is 5.73 Å². The molecule has 0 bridgehead atoms. The molecule has 0 saturated carbocycles. The van der Waals surface area contributed by atoms with Gasteiger partial charge in [-0.2, -0.15) is 22.5 Å². The first kappa shape index (κ1) is 14.1. The topological polar surface area (TPSA) is 66.6 Å². The van der Waals surface area contributed by atoms with Gasteiger partial charge in [0.1, 0.15) is 6.04 Å². The van der Waals surface area contributed by atoms with Crippen molar-refractivity contribution >= 4 is 5.97 Å². The van der Waals surface area contributed by atoms with E-state index in [-0.39, 0.29) is 19.4 Å². The molecule has 4 nitrogen and oxygen atoms in total. The zero-order chi connectivity index (χ0) is 12.0. The maximum atomic E-state index is 12.1. The molecule has 0 radical (unpaired) electrons. The van der Waals surface area contributed by atoms with Crippen LogP contribution in [-0.4, -0.2) is 41.7 Å². The molecule has 0 unspecified atom stereocenters. The third-order valence-corrected chi connectivity index (χ3v) is 1.78. The van der Waals surface area contributed by atoms with Gasteiger partial charge < -0.3 is 10.8 Å². The molecule has 1 atom stereocenters. The van der Waals surface area contributed by atoms with Gasteiger partial charge >= 0.3 is 5.97 Å². The van der Waals surface area contributed by atoms with Crippen LogP contribution >= 0.6 is 0 Å². The Labute approximate surface area is 83.6 Å². The van der Waals surface area contributed by atoms with E-state index in [9.17, 15) is 22.4 Å². The summed E-state index contributed by atoms with van der Waals surface area (Å²) in [7, 11) is 0. The minimum atomic E-state index is -3.51. The van der Waals surface area contributed by atoms with Crippen molar-refractivity contribution < 1.29 is 27.5 Å². The highest BCUT2D eigenvalue weighted by Gasteiger charge is 2.37. The number of hydrogen-bond acceptors (Lipinski definition) is 3. The van der Waals surface area contributed by atoms with Crippen LogP contribution in [0.5, 0.6) is 0 Å². The summed E-state index contributed by atoms with van der Waals surface area (Å²) < 4.78 is 48.6. The minimum Gasteiger partial charge on any atom is -0.480 e. The summed E-state index contributed by atoms with van der Waals surface area (Å²) in [6, 6.07) is -1.91. The second-order valence-corrected chi connectivity index (χ2v) is 2.79. The number of nitrogens with two attached hydrogens (primary N) is 1. The zero-order valence-corrected chi connectivity index (χ0v) is 7.75. The molecule has 0 aliphatic heterocycles. The molecule has 8 heteroatoms. The van der Waals surface area contributed by atoms with Gasteiger partial charge in [0.15, 0.2) is 0 Å². The predicted molar refractivity (Wildman–Crippen MR) is 43.6 cm³/mol. The van der Waals surface area contributed by atoms with E-state index in [0.29, 0.717) is 0 Å². The van der Waals surface area contributed by atoms with E-state index in [1.54, 1.807) is 0 Å². The lowest BCUT2D eigenvalue weighted by Crippen LogP contribution is -2.47. The molecule has 0 amide bonds. The van der Waals surface area contributed by atoms with Gasteiger partial charge in [-0.15, -0.1) is 0 Å². The van der Waals surface area contributed by atoms with Crippen LogP contribution in [0.2, 0.25) is 0 Å². The molecule has 3 N–H and O–H groups in total. The molecule has 15 heavy (non-hydrogen) atoms. The fraction of sp³-hybridized carbons (Fsp3) is 0.857. The molecular weight excluding hydrogens is 220 g/mol. The quantitative estimate of drug-likeness (QED) is 0.506. The molecular formula is C7H12F4N2O2.